The standard InChI is InChI=1S/C14H23N3O2/c1-2-13(12-5-9-19-10-12)16-14(18)4-3-7-17-8-6-15-11-17/h6,8,11-13H,2-5,7,9-10H2,1H3,(H,16,18)/t12-,13+/m0/s1. The molecule has 19 heavy (non-hydrogen) atoms. The topological polar surface area (TPSA) is 56.2 Å². The van der Waals surface area contributed by atoms with Crippen LogP contribution in [-0.4, -0.2) is 34.7 Å². The molecule has 0 aliphatic carbocycles. The largest absolute Gasteiger partial charge is 0.381 e. The molecule has 106 valence electrons. The van der Waals surface area contributed by atoms with E-state index in [2.05, 4.69) is 17.2 Å². The quantitative estimate of drug-likeness (QED) is 0.814. The lowest BCUT2D eigenvalue weighted by Gasteiger charge is -2.22. The van der Waals surface area contributed by atoms with Crippen LogP contribution in [0.15, 0.2) is 18.7 Å². The highest BCUT2D eigenvalue weighted by atomic mass is 16.5. The molecule has 1 aliphatic rings. The van der Waals surface area contributed by atoms with E-state index in [9.17, 15) is 4.79 Å². The van der Waals surface area contributed by atoms with Gasteiger partial charge in [0.2, 0.25) is 5.91 Å². The van der Waals surface area contributed by atoms with E-state index in [1.165, 1.54) is 0 Å². The Morgan fingerprint density at radius 2 is 2.53 bits per heavy atom. The van der Waals surface area contributed by atoms with Gasteiger partial charge in [-0.2, -0.15) is 0 Å². The molecule has 1 fully saturated rings. The molecule has 1 aliphatic heterocycles. The van der Waals surface area contributed by atoms with Crippen LogP contribution in [0.4, 0.5) is 0 Å². The first-order chi connectivity index (χ1) is 9.29. The summed E-state index contributed by atoms with van der Waals surface area (Å²) >= 11 is 0. The SMILES string of the molecule is CC[C@@H](NC(=O)CCCn1ccnc1)[C@H]1CCOC1. The second-order valence-corrected chi connectivity index (χ2v) is 5.11. The molecular weight excluding hydrogens is 242 g/mol. The van der Waals surface area contributed by atoms with E-state index in [0.717, 1.165) is 39.0 Å². The summed E-state index contributed by atoms with van der Waals surface area (Å²) in [6.45, 7) is 4.58. The van der Waals surface area contributed by atoms with Gasteiger partial charge < -0.3 is 14.6 Å². The Morgan fingerprint density at radius 3 is 3.16 bits per heavy atom. The smallest absolute Gasteiger partial charge is 0.220 e. The molecule has 1 amide bonds. The van der Waals surface area contributed by atoms with Gasteiger partial charge in [0.15, 0.2) is 0 Å². The molecule has 1 aromatic rings. The number of nitrogens with zero attached hydrogens (tertiary/aromatic N) is 2. The Kier molecular flexibility index (Phi) is 5.39. The van der Waals surface area contributed by atoms with Crippen molar-refractivity contribution in [2.45, 2.75) is 45.2 Å². The predicted molar refractivity (Wildman–Crippen MR) is 72.6 cm³/mol. The van der Waals surface area contributed by atoms with Crippen LogP contribution in [0, 0.1) is 5.92 Å². The molecule has 1 saturated heterocycles. The first-order valence-electron chi connectivity index (χ1n) is 7.12. The normalized spacial score (nSPS) is 20.4. The summed E-state index contributed by atoms with van der Waals surface area (Å²) in [5, 5.41) is 3.14. The van der Waals surface area contributed by atoms with Crippen LogP contribution in [-0.2, 0) is 16.1 Å². The minimum absolute atomic E-state index is 0.152. The molecule has 0 radical (unpaired) electrons. The average molecular weight is 265 g/mol. The van der Waals surface area contributed by atoms with Crippen molar-refractivity contribution in [1.82, 2.24) is 14.9 Å². The molecule has 0 spiro atoms. The minimum Gasteiger partial charge on any atom is -0.381 e. The Labute approximate surface area is 114 Å². The molecule has 2 rings (SSSR count). The number of carbonyl (C=O) groups excluding carboxylic acids is 1. The summed E-state index contributed by atoms with van der Waals surface area (Å²) in [4.78, 5) is 15.9. The maximum absolute atomic E-state index is 11.9. The second-order valence-electron chi connectivity index (χ2n) is 5.11. The fourth-order valence-electron chi connectivity index (χ4n) is 2.54. The van der Waals surface area contributed by atoms with E-state index in [1.807, 2.05) is 10.8 Å². The average Bonchev–Trinajstić information content (AvgIpc) is 3.08. The molecule has 1 N–H and O–H groups in total. The molecule has 0 saturated carbocycles. The highest BCUT2D eigenvalue weighted by molar-refractivity contribution is 5.76. The Balaban J connectivity index is 1.67. The van der Waals surface area contributed by atoms with Gasteiger partial charge >= 0.3 is 0 Å². The van der Waals surface area contributed by atoms with Crippen molar-refractivity contribution in [2.75, 3.05) is 13.2 Å². The third-order valence-corrected chi connectivity index (χ3v) is 3.70. The minimum atomic E-state index is 0.152. The highest BCUT2D eigenvalue weighted by Gasteiger charge is 2.25. The molecule has 0 unspecified atom stereocenters. The van der Waals surface area contributed by atoms with Gasteiger partial charge in [-0.25, -0.2) is 4.98 Å². The number of amides is 1. The summed E-state index contributed by atoms with van der Waals surface area (Å²) in [7, 11) is 0. The summed E-state index contributed by atoms with van der Waals surface area (Å²) in [6, 6.07) is 0.267. The Morgan fingerprint density at radius 1 is 1.63 bits per heavy atom. The number of ether oxygens (including phenoxy) is 1. The number of aromatic nitrogens is 2. The van der Waals surface area contributed by atoms with Gasteiger partial charge in [-0.1, -0.05) is 6.92 Å². The Bertz CT molecular complexity index is 372. The zero-order valence-electron chi connectivity index (χ0n) is 11.5. The second kappa shape index (κ2) is 7.28. The predicted octanol–water partition coefficient (Wildman–Crippen LogP) is 1.59. The Hall–Kier alpha value is -1.36. The fourth-order valence-corrected chi connectivity index (χ4v) is 2.54. The van der Waals surface area contributed by atoms with Crippen LogP contribution < -0.4 is 5.32 Å². The van der Waals surface area contributed by atoms with E-state index in [4.69, 9.17) is 4.74 Å². The summed E-state index contributed by atoms with van der Waals surface area (Å²) in [6.07, 6.45) is 8.91. The third kappa shape index (κ3) is 4.35. The van der Waals surface area contributed by atoms with Crippen LogP contribution in [0.5, 0.6) is 0 Å². The number of hydrogen-bond acceptors (Lipinski definition) is 3. The van der Waals surface area contributed by atoms with Crippen molar-refractivity contribution in [2.24, 2.45) is 5.92 Å². The molecule has 0 aromatic carbocycles. The molecule has 5 nitrogen and oxygen atoms in total. The van der Waals surface area contributed by atoms with Crippen molar-refractivity contribution in [1.29, 1.82) is 0 Å². The van der Waals surface area contributed by atoms with Crippen molar-refractivity contribution in [3.63, 3.8) is 0 Å². The van der Waals surface area contributed by atoms with Crippen LogP contribution in [0.2, 0.25) is 0 Å². The zero-order valence-corrected chi connectivity index (χ0v) is 11.5. The molecule has 2 atom stereocenters. The monoisotopic (exact) mass is 265 g/mol. The summed E-state index contributed by atoms with van der Waals surface area (Å²) in [5.41, 5.74) is 0. The van der Waals surface area contributed by atoms with Crippen molar-refractivity contribution in [3.8, 4) is 0 Å². The first kappa shape index (κ1) is 14.1. The molecule has 2 heterocycles. The summed E-state index contributed by atoms with van der Waals surface area (Å²) < 4.78 is 7.39. The number of imidazole rings is 1. The van der Waals surface area contributed by atoms with E-state index >= 15 is 0 Å². The third-order valence-electron chi connectivity index (χ3n) is 3.70. The maximum atomic E-state index is 11.9. The van der Waals surface area contributed by atoms with Crippen LogP contribution in [0.1, 0.15) is 32.6 Å². The lowest BCUT2D eigenvalue weighted by Crippen LogP contribution is -2.40. The zero-order chi connectivity index (χ0) is 13.5. The molecular formula is C14H23N3O2. The van der Waals surface area contributed by atoms with Gasteiger partial charge in [0.05, 0.1) is 12.9 Å². The highest BCUT2D eigenvalue weighted by Crippen LogP contribution is 2.18. The number of rotatable bonds is 7. The molecule has 0 bridgehead atoms. The first-order valence-corrected chi connectivity index (χ1v) is 7.12. The van der Waals surface area contributed by atoms with E-state index in [0.29, 0.717) is 12.3 Å². The van der Waals surface area contributed by atoms with Gasteiger partial charge in [-0.3, -0.25) is 4.79 Å². The maximum Gasteiger partial charge on any atom is 0.220 e. The van der Waals surface area contributed by atoms with E-state index in [-0.39, 0.29) is 11.9 Å². The van der Waals surface area contributed by atoms with Gasteiger partial charge in [0.25, 0.3) is 0 Å². The van der Waals surface area contributed by atoms with Gasteiger partial charge in [0.1, 0.15) is 0 Å². The van der Waals surface area contributed by atoms with Gasteiger partial charge in [-0.05, 0) is 19.3 Å². The van der Waals surface area contributed by atoms with Crippen molar-refractivity contribution in [3.05, 3.63) is 18.7 Å². The number of aryl methyl sites for hydroxylation is 1. The van der Waals surface area contributed by atoms with E-state index < -0.39 is 0 Å². The van der Waals surface area contributed by atoms with E-state index in [1.54, 1.807) is 12.5 Å². The van der Waals surface area contributed by atoms with Crippen LogP contribution in [0.25, 0.3) is 0 Å². The number of hydrogen-bond donors (Lipinski definition) is 1. The van der Waals surface area contributed by atoms with Crippen molar-refractivity contribution < 1.29 is 9.53 Å². The summed E-state index contributed by atoms with van der Waals surface area (Å²) in [5.74, 6) is 0.640. The molecule has 1 aromatic heterocycles. The lowest BCUT2D eigenvalue weighted by molar-refractivity contribution is -0.122. The van der Waals surface area contributed by atoms with Gasteiger partial charge in [-0.15, -0.1) is 0 Å². The fraction of sp³-hybridized carbons (Fsp3) is 0.714. The number of carbonyl (C=O) groups is 1. The lowest BCUT2D eigenvalue weighted by atomic mass is 9.96. The van der Waals surface area contributed by atoms with Crippen molar-refractivity contribution >= 4 is 5.91 Å². The van der Waals surface area contributed by atoms with Crippen LogP contribution in [0.3, 0.4) is 0 Å². The molecule has 5 heteroatoms. The van der Waals surface area contributed by atoms with Gasteiger partial charge in [0, 0.05) is 43.9 Å². The number of nitrogens with one attached hydrogen (secondary N) is 1. The van der Waals surface area contributed by atoms with Crippen LogP contribution >= 0.6 is 0 Å².